The van der Waals surface area contributed by atoms with Gasteiger partial charge in [0.05, 0.1) is 11.1 Å². The number of nitrogens with one attached hydrogen (secondary N) is 1. The molecule has 1 aromatic heterocycles. The lowest BCUT2D eigenvalue weighted by Gasteiger charge is -2.21. The number of aromatic nitrogens is 2. The van der Waals surface area contributed by atoms with Crippen LogP contribution in [0.4, 0.5) is 11.5 Å². The van der Waals surface area contributed by atoms with Gasteiger partial charge in [-0.15, -0.1) is 0 Å². The maximum absolute atomic E-state index is 13.1. The summed E-state index contributed by atoms with van der Waals surface area (Å²) in [4.78, 5) is 13.1. The quantitative estimate of drug-likeness (QED) is 0.696. The van der Waals surface area contributed by atoms with Crippen LogP contribution in [-0.4, -0.2) is 31.2 Å². The second kappa shape index (κ2) is 7.71. The van der Waals surface area contributed by atoms with Crippen molar-refractivity contribution in [3.63, 3.8) is 0 Å². The highest BCUT2D eigenvalue weighted by atomic mass is 32.2. The fourth-order valence-corrected chi connectivity index (χ4v) is 4.26. The van der Waals surface area contributed by atoms with Crippen LogP contribution < -0.4 is 9.62 Å². The molecule has 0 aliphatic rings. The Morgan fingerprint density at radius 1 is 1.07 bits per heavy atom. The second-order valence-corrected chi connectivity index (χ2v) is 8.96. The van der Waals surface area contributed by atoms with E-state index in [0.717, 1.165) is 21.0 Å². The van der Waals surface area contributed by atoms with Gasteiger partial charge in [-0.2, -0.15) is 5.10 Å². The molecule has 0 saturated carbocycles. The molecular weight excluding hydrogens is 388 g/mol. The van der Waals surface area contributed by atoms with Crippen LogP contribution in [0.15, 0.2) is 53.6 Å². The number of nitrogens with zero attached hydrogens (tertiary/aromatic N) is 3. The van der Waals surface area contributed by atoms with Crippen LogP contribution >= 0.6 is 0 Å². The lowest BCUT2D eigenvalue weighted by molar-refractivity contribution is 0.102. The predicted molar refractivity (Wildman–Crippen MR) is 114 cm³/mol. The molecule has 29 heavy (non-hydrogen) atoms. The first-order valence-corrected chi connectivity index (χ1v) is 10.5. The van der Waals surface area contributed by atoms with E-state index < -0.39 is 15.9 Å². The summed E-state index contributed by atoms with van der Waals surface area (Å²) in [7, 11) is -0.833. The third kappa shape index (κ3) is 3.88. The zero-order valence-corrected chi connectivity index (χ0v) is 17.9. The maximum Gasteiger partial charge on any atom is 0.265 e. The Morgan fingerprint density at radius 2 is 1.72 bits per heavy atom. The van der Waals surface area contributed by atoms with E-state index in [2.05, 4.69) is 10.4 Å². The molecule has 3 aromatic rings. The number of carbonyl (C=O) groups excluding carboxylic acids is 1. The Balaban J connectivity index is 1.97. The van der Waals surface area contributed by atoms with E-state index >= 15 is 0 Å². The van der Waals surface area contributed by atoms with E-state index in [4.69, 9.17) is 0 Å². The Kier molecular flexibility index (Phi) is 5.48. The monoisotopic (exact) mass is 412 g/mol. The summed E-state index contributed by atoms with van der Waals surface area (Å²) < 4.78 is 28.6. The molecule has 1 heterocycles. The molecule has 0 atom stereocenters. The lowest BCUT2D eigenvalue weighted by Crippen LogP contribution is -2.30. The number of aryl methyl sites for hydroxylation is 3. The second-order valence-electron chi connectivity index (χ2n) is 6.99. The first-order valence-electron chi connectivity index (χ1n) is 9.08. The number of amides is 1. The van der Waals surface area contributed by atoms with Gasteiger partial charge < -0.3 is 5.32 Å². The van der Waals surface area contributed by atoms with Crippen LogP contribution in [0.2, 0.25) is 0 Å². The summed E-state index contributed by atoms with van der Waals surface area (Å²) in [5, 5.41) is 6.97. The van der Waals surface area contributed by atoms with Crippen molar-refractivity contribution >= 4 is 27.4 Å². The summed E-state index contributed by atoms with van der Waals surface area (Å²) in [5.74, 6) is -0.235. The van der Waals surface area contributed by atoms with Crippen LogP contribution in [-0.2, 0) is 17.1 Å². The van der Waals surface area contributed by atoms with Gasteiger partial charge in [-0.1, -0.05) is 29.8 Å². The molecule has 0 aliphatic carbocycles. The molecule has 0 unspecified atom stereocenters. The molecule has 0 fully saturated rings. The average Bonchev–Trinajstić information content (AvgIpc) is 3.06. The number of carbonyl (C=O) groups is 1. The van der Waals surface area contributed by atoms with Crippen molar-refractivity contribution < 1.29 is 13.2 Å². The molecular formula is C21H24N4O3S. The first kappa shape index (κ1) is 20.6. The highest BCUT2D eigenvalue weighted by molar-refractivity contribution is 7.92. The fourth-order valence-electron chi connectivity index (χ4n) is 3.02. The predicted octanol–water partition coefficient (Wildman–Crippen LogP) is 3.42. The minimum atomic E-state index is -3.85. The summed E-state index contributed by atoms with van der Waals surface area (Å²) in [6.45, 7) is 5.77. The lowest BCUT2D eigenvalue weighted by atomic mass is 10.1. The SMILES string of the molecule is Cc1ccc(S(=O)(=O)N(C)c2c(C(=O)Nc3cccc(C)c3C)cnn2C)cc1. The van der Waals surface area contributed by atoms with Crippen molar-refractivity contribution in [1.29, 1.82) is 0 Å². The van der Waals surface area contributed by atoms with Gasteiger partial charge >= 0.3 is 0 Å². The van der Waals surface area contributed by atoms with Crippen molar-refractivity contribution in [2.45, 2.75) is 25.7 Å². The number of hydrogen-bond acceptors (Lipinski definition) is 4. The molecule has 1 amide bonds. The Morgan fingerprint density at radius 3 is 2.38 bits per heavy atom. The molecule has 1 N–H and O–H groups in total. The number of rotatable bonds is 5. The van der Waals surface area contributed by atoms with Crippen LogP contribution in [0, 0.1) is 20.8 Å². The van der Waals surface area contributed by atoms with Gasteiger partial charge in [-0.25, -0.2) is 8.42 Å². The molecule has 0 spiro atoms. The minimum Gasteiger partial charge on any atom is -0.322 e. The van der Waals surface area contributed by atoms with Gasteiger partial charge in [0.15, 0.2) is 5.82 Å². The zero-order chi connectivity index (χ0) is 21.3. The van der Waals surface area contributed by atoms with Gasteiger partial charge in [-0.3, -0.25) is 13.8 Å². The van der Waals surface area contributed by atoms with Crippen molar-refractivity contribution in [3.8, 4) is 0 Å². The van der Waals surface area contributed by atoms with E-state index in [1.54, 1.807) is 31.3 Å². The standard InChI is InChI=1S/C21H24N4O3S/c1-14-9-11-17(12-10-14)29(27,28)25(5)21-18(13-22-24(21)4)20(26)23-19-8-6-7-15(2)16(19)3/h6-13H,1-5H3,(H,23,26). The summed E-state index contributed by atoms with van der Waals surface area (Å²) in [6, 6.07) is 12.2. The van der Waals surface area contributed by atoms with E-state index in [0.29, 0.717) is 5.69 Å². The van der Waals surface area contributed by atoms with Crippen LogP contribution in [0.1, 0.15) is 27.0 Å². The molecule has 152 valence electrons. The molecule has 0 radical (unpaired) electrons. The van der Waals surface area contributed by atoms with Gasteiger partial charge in [0, 0.05) is 19.8 Å². The maximum atomic E-state index is 13.1. The van der Waals surface area contributed by atoms with E-state index in [9.17, 15) is 13.2 Å². The zero-order valence-electron chi connectivity index (χ0n) is 17.1. The molecule has 3 rings (SSSR count). The number of anilines is 2. The normalized spacial score (nSPS) is 11.3. The van der Waals surface area contributed by atoms with Crippen molar-refractivity contribution in [1.82, 2.24) is 9.78 Å². The third-order valence-corrected chi connectivity index (χ3v) is 6.74. The fraction of sp³-hybridized carbons (Fsp3) is 0.238. The van der Waals surface area contributed by atoms with Crippen molar-refractivity contribution in [3.05, 3.63) is 70.9 Å². The highest BCUT2D eigenvalue weighted by Crippen LogP contribution is 2.27. The topological polar surface area (TPSA) is 84.3 Å². The molecule has 0 bridgehead atoms. The first-order chi connectivity index (χ1) is 13.6. The summed E-state index contributed by atoms with van der Waals surface area (Å²) in [6.07, 6.45) is 1.37. The smallest absolute Gasteiger partial charge is 0.265 e. The van der Waals surface area contributed by atoms with Gasteiger partial charge in [0.25, 0.3) is 15.9 Å². The van der Waals surface area contributed by atoms with E-state index in [-0.39, 0.29) is 16.3 Å². The number of sulfonamides is 1. The highest BCUT2D eigenvalue weighted by Gasteiger charge is 2.28. The molecule has 7 nitrogen and oxygen atoms in total. The number of benzene rings is 2. The van der Waals surface area contributed by atoms with Gasteiger partial charge in [0.2, 0.25) is 0 Å². The Labute approximate surface area is 171 Å². The molecule has 0 aliphatic heterocycles. The minimum absolute atomic E-state index is 0.146. The van der Waals surface area contributed by atoms with Crippen LogP contribution in [0.25, 0.3) is 0 Å². The van der Waals surface area contributed by atoms with E-state index in [1.165, 1.54) is 17.9 Å². The largest absolute Gasteiger partial charge is 0.322 e. The van der Waals surface area contributed by atoms with Gasteiger partial charge in [-0.05, 0) is 50.1 Å². The molecule has 0 saturated heterocycles. The number of hydrogen-bond donors (Lipinski definition) is 1. The Hall–Kier alpha value is -3.13. The van der Waals surface area contributed by atoms with E-state index in [1.807, 2.05) is 39.0 Å². The summed E-state index contributed by atoms with van der Waals surface area (Å²) >= 11 is 0. The van der Waals surface area contributed by atoms with Crippen LogP contribution in [0.5, 0.6) is 0 Å². The average molecular weight is 413 g/mol. The van der Waals surface area contributed by atoms with Crippen molar-refractivity contribution in [2.24, 2.45) is 7.05 Å². The third-order valence-electron chi connectivity index (χ3n) is 4.98. The Bertz CT molecular complexity index is 1170. The van der Waals surface area contributed by atoms with Gasteiger partial charge in [0.1, 0.15) is 5.56 Å². The molecule has 8 heteroatoms. The van der Waals surface area contributed by atoms with Crippen LogP contribution in [0.3, 0.4) is 0 Å². The summed E-state index contributed by atoms with van der Waals surface area (Å²) in [5.41, 5.74) is 3.81. The van der Waals surface area contributed by atoms with Crippen molar-refractivity contribution in [2.75, 3.05) is 16.7 Å². The molecule has 2 aromatic carbocycles.